The lowest BCUT2D eigenvalue weighted by Crippen LogP contribution is -2.15. The molecule has 0 bridgehead atoms. The second-order valence-corrected chi connectivity index (χ2v) is 4.31. The van der Waals surface area contributed by atoms with Gasteiger partial charge in [-0.2, -0.15) is 5.21 Å². The molecule has 2 aromatic rings. The maximum atomic E-state index is 3.90. The van der Waals surface area contributed by atoms with Crippen molar-refractivity contribution in [2.24, 2.45) is 0 Å². The van der Waals surface area contributed by atoms with Crippen LogP contribution in [0.4, 0.5) is 0 Å². The van der Waals surface area contributed by atoms with Crippen molar-refractivity contribution in [1.29, 1.82) is 0 Å². The van der Waals surface area contributed by atoms with E-state index in [0.29, 0.717) is 12.4 Å². The largest absolute Gasteiger partial charge is 0.306 e. The summed E-state index contributed by atoms with van der Waals surface area (Å²) in [6.45, 7) is 7.86. The third-order valence-electron chi connectivity index (χ3n) is 2.81. The fraction of sp³-hybridized carbons (Fsp3) is 0.417. The maximum Gasteiger partial charge on any atom is 0.188 e. The number of nitrogens with zero attached hydrogens (tertiary/aromatic N) is 3. The van der Waals surface area contributed by atoms with Crippen molar-refractivity contribution >= 4 is 0 Å². The van der Waals surface area contributed by atoms with Gasteiger partial charge in [-0.25, -0.2) is 0 Å². The fourth-order valence-corrected chi connectivity index (χ4v) is 2.05. The monoisotopic (exact) mass is 231 g/mol. The molecule has 0 saturated carbocycles. The minimum Gasteiger partial charge on any atom is -0.306 e. The van der Waals surface area contributed by atoms with E-state index in [9.17, 15) is 0 Å². The molecule has 5 nitrogen and oxygen atoms in total. The predicted molar refractivity (Wildman–Crippen MR) is 65.4 cm³/mol. The summed E-state index contributed by atoms with van der Waals surface area (Å²) < 4.78 is 0. The van der Waals surface area contributed by atoms with Crippen LogP contribution in [0.1, 0.15) is 28.1 Å². The highest BCUT2D eigenvalue weighted by atomic mass is 15.5. The van der Waals surface area contributed by atoms with Gasteiger partial charge in [0.15, 0.2) is 5.82 Å². The number of hydrogen-bond donors (Lipinski definition) is 2. The van der Waals surface area contributed by atoms with Crippen LogP contribution in [-0.2, 0) is 13.1 Å². The topological polar surface area (TPSA) is 66.5 Å². The average Bonchev–Trinajstić information content (AvgIpc) is 2.74. The fourth-order valence-electron chi connectivity index (χ4n) is 2.05. The third-order valence-corrected chi connectivity index (χ3v) is 2.81. The standard InChI is InChI=1S/C12H17N5/c1-8-4-9(2)11(10(3)5-8)6-13-7-12-14-16-17-15-12/h4-5,13H,6-7H2,1-3H3,(H,14,15,16,17). The Labute approximate surface area is 101 Å². The van der Waals surface area contributed by atoms with E-state index in [2.05, 4.69) is 58.8 Å². The van der Waals surface area contributed by atoms with Crippen molar-refractivity contribution in [3.05, 3.63) is 40.2 Å². The van der Waals surface area contributed by atoms with Crippen molar-refractivity contribution in [3.63, 3.8) is 0 Å². The highest BCUT2D eigenvalue weighted by Crippen LogP contribution is 2.15. The Hall–Kier alpha value is -1.75. The zero-order valence-corrected chi connectivity index (χ0v) is 10.4. The molecule has 0 radical (unpaired) electrons. The molecule has 5 heteroatoms. The van der Waals surface area contributed by atoms with Gasteiger partial charge in [0.05, 0.1) is 6.54 Å². The van der Waals surface area contributed by atoms with Gasteiger partial charge >= 0.3 is 0 Å². The molecule has 0 atom stereocenters. The Kier molecular flexibility index (Phi) is 3.49. The molecule has 0 saturated heterocycles. The molecule has 2 rings (SSSR count). The van der Waals surface area contributed by atoms with Crippen molar-refractivity contribution < 1.29 is 0 Å². The van der Waals surface area contributed by atoms with Crippen LogP contribution in [0.3, 0.4) is 0 Å². The molecular weight excluding hydrogens is 214 g/mol. The third kappa shape index (κ3) is 2.88. The summed E-state index contributed by atoms with van der Waals surface area (Å²) in [4.78, 5) is 0. The molecule has 0 amide bonds. The highest BCUT2D eigenvalue weighted by Gasteiger charge is 2.04. The molecule has 17 heavy (non-hydrogen) atoms. The predicted octanol–water partition coefficient (Wildman–Crippen LogP) is 1.41. The van der Waals surface area contributed by atoms with Crippen LogP contribution >= 0.6 is 0 Å². The van der Waals surface area contributed by atoms with Crippen molar-refractivity contribution in [2.45, 2.75) is 33.9 Å². The first kappa shape index (κ1) is 11.7. The summed E-state index contributed by atoms with van der Waals surface area (Å²) in [5.41, 5.74) is 5.30. The molecule has 1 heterocycles. The number of H-pyrrole nitrogens is 1. The summed E-state index contributed by atoms with van der Waals surface area (Å²) in [6.07, 6.45) is 0. The number of tetrazole rings is 1. The second kappa shape index (κ2) is 5.05. The van der Waals surface area contributed by atoms with Gasteiger partial charge in [-0.1, -0.05) is 22.9 Å². The van der Waals surface area contributed by atoms with Gasteiger partial charge in [-0.3, -0.25) is 0 Å². The first-order chi connectivity index (χ1) is 8.16. The van der Waals surface area contributed by atoms with E-state index in [-0.39, 0.29) is 0 Å². The molecule has 1 aromatic carbocycles. The Balaban J connectivity index is 1.99. The molecule has 1 aromatic heterocycles. The minimum absolute atomic E-state index is 0.628. The van der Waals surface area contributed by atoms with E-state index in [1.807, 2.05) is 0 Å². The first-order valence-corrected chi connectivity index (χ1v) is 5.66. The molecule has 0 aliphatic heterocycles. The van der Waals surface area contributed by atoms with Crippen LogP contribution in [-0.4, -0.2) is 20.6 Å². The van der Waals surface area contributed by atoms with Crippen molar-refractivity contribution in [3.8, 4) is 0 Å². The lowest BCUT2D eigenvalue weighted by Gasteiger charge is -2.11. The number of aromatic nitrogens is 4. The normalized spacial score (nSPS) is 10.8. The summed E-state index contributed by atoms with van der Waals surface area (Å²) in [5, 5.41) is 17.1. The van der Waals surface area contributed by atoms with E-state index in [1.54, 1.807) is 0 Å². The number of hydrogen-bond acceptors (Lipinski definition) is 4. The first-order valence-electron chi connectivity index (χ1n) is 5.66. The summed E-state index contributed by atoms with van der Waals surface area (Å²) in [7, 11) is 0. The smallest absolute Gasteiger partial charge is 0.188 e. The number of benzene rings is 1. The van der Waals surface area contributed by atoms with E-state index in [0.717, 1.165) is 6.54 Å². The Morgan fingerprint density at radius 2 is 1.82 bits per heavy atom. The van der Waals surface area contributed by atoms with Crippen LogP contribution in [0.5, 0.6) is 0 Å². The molecule has 0 unspecified atom stereocenters. The molecule has 2 N–H and O–H groups in total. The van der Waals surface area contributed by atoms with E-state index in [1.165, 1.54) is 22.3 Å². The SMILES string of the molecule is Cc1cc(C)c(CNCc2nn[nH]n2)c(C)c1. The van der Waals surface area contributed by atoms with Crippen LogP contribution in [0.25, 0.3) is 0 Å². The number of nitrogens with one attached hydrogen (secondary N) is 2. The molecule has 90 valence electrons. The van der Waals surface area contributed by atoms with Gasteiger partial charge in [0.25, 0.3) is 0 Å². The second-order valence-electron chi connectivity index (χ2n) is 4.31. The lowest BCUT2D eigenvalue weighted by molar-refractivity contribution is 0.659. The summed E-state index contributed by atoms with van der Waals surface area (Å²) >= 11 is 0. The summed E-state index contributed by atoms with van der Waals surface area (Å²) in [5.74, 6) is 0.687. The molecule has 0 aliphatic rings. The van der Waals surface area contributed by atoms with E-state index >= 15 is 0 Å². The average molecular weight is 231 g/mol. The van der Waals surface area contributed by atoms with Gasteiger partial charge in [-0.05, 0) is 37.5 Å². The van der Waals surface area contributed by atoms with Gasteiger partial charge in [-0.15, -0.1) is 10.2 Å². The molecular formula is C12H17N5. The van der Waals surface area contributed by atoms with Gasteiger partial charge < -0.3 is 5.32 Å². The zero-order chi connectivity index (χ0) is 12.3. The van der Waals surface area contributed by atoms with Crippen molar-refractivity contribution in [1.82, 2.24) is 25.9 Å². The van der Waals surface area contributed by atoms with E-state index in [4.69, 9.17) is 0 Å². The van der Waals surface area contributed by atoms with Crippen LogP contribution in [0, 0.1) is 20.8 Å². The summed E-state index contributed by atoms with van der Waals surface area (Å²) in [6, 6.07) is 4.41. The van der Waals surface area contributed by atoms with Crippen LogP contribution in [0.15, 0.2) is 12.1 Å². The van der Waals surface area contributed by atoms with Gasteiger partial charge in [0.1, 0.15) is 0 Å². The van der Waals surface area contributed by atoms with Gasteiger partial charge in [0, 0.05) is 6.54 Å². The number of aryl methyl sites for hydroxylation is 3. The number of rotatable bonds is 4. The quantitative estimate of drug-likeness (QED) is 0.835. The highest BCUT2D eigenvalue weighted by molar-refractivity contribution is 5.37. The lowest BCUT2D eigenvalue weighted by atomic mass is 10.00. The van der Waals surface area contributed by atoms with E-state index < -0.39 is 0 Å². The van der Waals surface area contributed by atoms with Crippen LogP contribution < -0.4 is 5.32 Å². The molecule has 0 aliphatic carbocycles. The van der Waals surface area contributed by atoms with Crippen molar-refractivity contribution in [2.75, 3.05) is 0 Å². The molecule has 0 spiro atoms. The Morgan fingerprint density at radius 3 is 2.41 bits per heavy atom. The Bertz CT molecular complexity index is 467. The molecule has 0 fully saturated rings. The Morgan fingerprint density at radius 1 is 1.12 bits per heavy atom. The maximum absolute atomic E-state index is 3.90. The minimum atomic E-state index is 0.628. The zero-order valence-electron chi connectivity index (χ0n) is 10.4. The van der Waals surface area contributed by atoms with Gasteiger partial charge in [0.2, 0.25) is 0 Å². The van der Waals surface area contributed by atoms with Crippen LogP contribution in [0.2, 0.25) is 0 Å². The number of aromatic amines is 1.